The summed E-state index contributed by atoms with van der Waals surface area (Å²) in [7, 11) is 5.59. The van der Waals surface area contributed by atoms with Crippen molar-refractivity contribution >= 4 is 17.8 Å². The number of urea groups is 1. The number of amides is 2. The molecule has 5 nitrogen and oxygen atoms in total. The molecule has 0 heterocycles. The lowest BCUT2D eigenvalue weighted by molar-refractivity contribution is 0.206. The lowest BCUT2D eigenvalue weighted by Gasteiger charge is -2.20. The third kappa shape index (κ3) is 7.09. The minimum absolute atomic E-state index is 0.0568. The summed E-state index contributed by atoms with van der Waals surface area (Å²) in [6.07, 6.45) is 2.94. The van der Waals surface area contributed by atoms with Gasteiger partial charge in [0.2, 0.25) is 0 Å². The second-order valence-electron chi connectivity index (χ2n) is 6.85. The van der Waals surface area contributed by atoms with E-state index in [1.165, 1.54) is 5.56 Å². The predicted molar refractivity (Wildman–Crippen MR) is 117 cm³/mol. The summed E-state index contributed by atoms with van der Waals surface area (Å²) < 4.78 is 5.42. The van der Waals surface area contributed by atoms with Crippen LogP contribution in [0.1, 0.15) is 17.5 Å². The number of nitrogens with zero attached hydrogens (tertiary/aromatic N) is 2. The fourth-order valence-electron chi connectivity index (χ4n) is 2.98. The van der Waals surface area contributed by atoms with Crippen molar-refractivity contribution < 1.29 is 9.53 Å². The summed E-state index contributed by atoms with van der Waals surface area (Å²) in [5, 5.41) is 3.00. The van der Waals surface area contributed by atoms with Gasteiger partial charge in [0.1, 0.15) is 5.75 Å². The Balaban J connectivity index is 1.71. The molecule has 2 rings (SSSR count). The lowest BCUT2D eigenvalue weighted by atomic mass is 10.2. The van der Waals surface area contributed by atoms with Gasteiger partial charge in [0.25, 0.3) is 0 Å². The number of hydrogen-bond acceptors (Lipinski definition) is 4. The number of hydrogen-bond donors (Lipinski definition) is 1. The van der Waals surface area contributed by atoms with Crippen molar-refractivity contribution in [2.45, 2.75) is 24.4 Å². The maximum absolute atomic E-state index is 12.3. The van der Waals surface area contributed by atoms with Crippen LogP contribution >= 0.6 is 11.8 Å². The third-order valence-corrected chi connectivity index (χ3v) is 5.28. The number of carbonyl (C=O) groups excluding carboxylic acids is 1. The zero-order chi connectivity index (χ0) is 20.4. The molecule has 0 aliphatic rings. The number of thioether (sulfide) groups is 1. The maximum Gasteiger partial charge on any atom is 0.317 e. The van der Waals surface area contributed by atoms with Crippen LogP contribution in [0.25, 0.3) is 0 Å². The fourth-order valence-corrected chi connectivity index (χ4v) is 3.53. The van der Waals surface area contributed by atoms with Gasteiger partial charge in [0.15, 0.2) is 0 Å². The molecule has 0 saturated carbocycles. The summed E-state index contributed by atoms with van der Waals surface area (Å²) in [4.78, 5) is 17.4. The van der Waals surface area contributed by atoms with E-state index >= 15 is 0 Å². The Morgan fingerprint density at radius 3 is 2.50 bits per heavy atom. The van der Waals surface area contributed by atoms with Crippen molar-refractivity contribution in [3.63, 3.8) is 0 Å². The number of ether oxygens (including phenoxy) is 1. The first kappa shape index (κ1) is 22.1. The Kier molecular flexibility index (Phi) is 9.17. The van der Waals surface area contributed by atoms with E-state index in [2.05, 4.69) is 41.5 Å². The molecule has 152 valence electrons. The number of rotatable bonds is 10. The standard InChI is InChI=1S/C22H31N3O2S/c1-24(16-18-9-6-5-7-10-18)14-8-13-23-22(26)25(2)17-19-11-12-21(28-4)20(15-19)27-3/h5-7,9-12,15H,8,13-14,16-17H2,1-4H3,(H,23,26). The Labute approximate surface area is 173 Å². The highest BCUT2D eigenvalue weighted by molar-refractivity contribution is 7.98. The zero-order valence-corrected chi connectivity index (χ0v) is 18.1. The van der Waals surface area contributed by atoms with Gasteiger partial charge in [0.05, 0.1) is 7.11 Å². The van der Waals surface area contributed by atoms with Crippen molar-refractivity contribution in [1.82, 2.24) is 15.1 Å². The van der Waals surface area contributed by atoms with Gasteiger partial charge < -0.3 is 19.9 Å². The van der Waals surface area contributed by atoms with E-state index in [0.717, 1.165) is 35.7 Å². The van der Waals surface area contributed by atoms with Crippen LogP contribution in [-0.4, -0.2) is 56.4 Å². The predicted octanol–water partition coefficient (Wildman–Crippen LogP) is 4.08. The summed E-state index contributed by atoms with van der Waals surface area (Å²) >= 11 is 1.65. The summed E-state index contributed by atoms with van der Waals surface area (Å²) in [6.45, 7) is 3.07. The third-order valence-electron chi connectivity index (χ3n) is 4.50. The molecule has 0 spiro atoms. The van der Waals surface area contributed by atoms with Gasteiger partial charge in [0, 0.05) is 31.6 Å². The molecule has 0 saturated heterocycles. The summed E-state index contributed by atoms with van der Waals surface area (Å²) in [6, 6.07) is 16.4. The number of benzene rings is 2. The highest BCUT2D eigenvalue weighted by Crippen LogP contribution is 2.28. The van der Waals surface area contributed by atoms with Crippen LogP contribution in [0, 0.1) is 0 Å². The van der Waals surface area contributed by atoms with E-state index in [-0.39, 0.29) is 6.03 Å². The molecule has 0 bridgehead atoms. The average molecular weight is 402 g/mol. The molecule has 0 radical (unpaired) electrons. The van der Waals surface area contributed by atoms with Crippen molar-refractivity contribution in [2.24, 2.45) is 0 Å². The molecule has 0 aliphatic heterocycles. The van der Waals surface area contributed by atoms with Crippen LogP contribution in [0.3, 0.4) is 0 Å². The molecule has 0 aliphatic carbocycles. The molecule has 0 atom stereocenters. The normalized spacial score (nSPS) is 10.8. The van der Waals surface area contributed by atoms with Gasteiger partial charge in [-0.05, 0) is 49.5 Å². The molecule has 1 N–H and O–H groups in total. The van der Waals surface area contributed by atoms with E-state index in [4.69, 9.17) is 4.74 Å². The molecule has 2 aromatic carbocycles. The molecular weight excluding hydrogens is 370 g/mol. The van der Waals surface area contributed by atoms with Gasteiger partial charge in [-0.1, -0.05) is 36.4 Å². The van der Waals surface area contributed by atoms with Gasteiger partial charge in [-0.2, -0.15) is 0 Å². The Hall–Kier alpha value is -2.18. The van der Waals surface area contributed by atoms with Crippen LogP contribution in [0.5, 0.6) is 5.75 Å². The van der Waals surface area contributed by atoms with E-state index < -0.39 is 0 Å². The smallest absolute Gasteiger partial charge is 0.317 e. The van der Waals surface area contributed by atoms with Crippen LogP contribution in [0.15, 0.2) is 53.4 Å². The molecule has 0 fully saturated rings. The Bertz CT molecular complexity index is 740. The molecule has 0 unspecified atom stereocenters. The largest absolute Gasteiger partial charge is 0.496 e. The fraction of sp³-hybridized carbons (Fsp3) is 0.409. The minimum Gasteiger partial charge on any atom is -0.496 e. The van der Waals surface area contributed by atoms with E-state index in [1.54, 1.807) is 23.8 Å². The van der Waals surface area contributed by atoms with Gasteiger partial charge in [-0.3, -0.25) is 0 Å². The van der Waals surface area contributed by atoms with Crippen molar-refractivity contribution in [3.05, 3.63) is 59.7 Å². The topological polar surface area (TPSA) is 44.8 Å². The minimum atomic E-state index is -0.0568. The lowest BCUT2D eigenvalue weighted by Crippen LogP contribution is -2.38. The van der Waals surface area contributed by atoms with E-state index in [1.807, 2.05) is 37.6 Å². The highest BCUT2D eigenvalue weighted by Gasteiger charge is 2.10. The van der Waals surface area contributed by atoms with Crippen molar-refractivity contribution in [2.75, 3.05) is 40.6 Å². The molecule has 0 aromatic heterocycles. The number of methoxy groups -OCH3 is 1. The second-order valence-corrected chi connectivity index (χ2v) is 7.70. The summed E-state index contributed by atoms with van der Waals surface area (Å²) in [5.74, 6) is 0.847. The molecule has 28 heavy (non-hydrogen) atoms. The SMILES string of the molecule is COc1cc(CN(C)C(=O)NCCCN(C)Cc2ccccc2)ccc1SC. The van der Waals surface area contributed by atoms with Crippen LogP contribution in [-0.2, 0) is 13.1 Å². The Morgan fingerprint density at radius 2 is 1.82 bits per heavy atom. The average Bonchev–Trinajstić information content (AvgIpc) is 2.71. The van der Waals surface area contributed by atoms with Crippen LogP contribution < -0.4 is 10.1 Å². The van der Waals surface area contributed by atoms with Gasteiger partial charge in [-0.25, -0.2) is 4.79 Å². The van der Waals surface area contributed by atoms with Crippen LogP contribution in [0.4, 0.5) is 4.79 Å². The van der Waals surface area contributed by atoms with E-state index in [9.17, 15) is 4.79 Å². The number of nitrogens with one attached hydrogen (secondary N) is 1. The first-order chi connectivity index (χ1) is 13.5. The quantitative estimate of drug-likeness (QED) is 0.481. The maximum atomic E-state index is 12.3. The first-order valence-corrected chi connectivity index (χ1v) is 10.7. The molecule has 2 amide bonds. The molecule has 2 aromatic rings. The summed E-state index contributed by atoms with van der Waals surface area (Å²) in [5.41, 5.74) is 2.35. The molecule has 6 heteroatoms. The van der Waals surface area contributed by atoms with Crippen LogP contribution in [0.2, 0.25) is 0 Å². The first-order valence-electron chi connectivity index (χ1n) is 9.45. The monoisotopic (exact) mass is 401 g/mol. The Morgan fingerprint density at radius 1 is 1.07 bits per heavy atom. The van der Waals surface area contributed by atoms with Gasteiger partial charge in [-0.15, -0.1) is 11.8 Å². The van der Waals surface area contributed by atoms with Gasteiger partial charge >= 0.3 is 6.03 Å². The zero-order valence-electron chi connectivity index (χ0n) is 17.3. The van der Waals surface area contributed by atoms with Crippen molar-refractivity contribution in [1.29, 1.82) is 0 Å². The van der Waals surface area contributed by atoms with E-state index in [0.29, 0.717) is 13.1 Å². The molecular formula is C22H31N3O2S. The second kappa shape index (κ2) is 11.6. The van der Waals surface area contributed by atoms with Crippen molar-refractivity contribution in [3.8, 4) is 5.75 Å². The highest BCUT2D eigenvalue weighted by atomic mass is 32.2. The number of carbonyl (C=O) groups is 1.